The largest absolute Gasteiger partial charge is 0.477 e. The molecule has 0 aromatic heterocycles. The lowest BCUT2D eigenvalue weighted by molar-refractivity contribution is -0.132. The molecule has 0 unspecified atom stereocenters. The van der Waals surface area contributed by atoms with Crippen LogP contribution in [0.3, 0.4) is 0 Å². The lowest BCUT2D eigenvalue weighted by atomic mass is 10.1. The van der Waals surface area contributed by atoms with E-state index in [1.807, 2.05) is 6.08 Å². The van der Waals surface area contributed by atoms with E-state index in [4.69, 9.17) is 15.1 Å². The van der Waals surface area contributed by atoms with Crippen molar-refractivity contribution in [1.82, 2.24) is 0 Å². The second-order valence-corrected chi connectivity index (χ2v) is 6.62. The van der Waals surface area contributed by atoms with Crippen LogP contribution in [-0.4, -0.2) is 24.2 Å². The van der Waals surface area contributed by atoms with E-state index in [9.17, 15) is 4.79 Å². The Morgan fingerprint density at radius 3 is 2.48 bits per heavy atom. The zero-order valence-electron chi connectivity index (χ0n) is 15.3. The number of piperidine rings is 1. The van der Waals surface area contributed by atoms with Gasteiger partial charge in [-0.2, -0.15) is 5.26 Å². The first-order valence-electron chi connectivity index (χ1n) is 9.05. The van der Waals surface area contributed by atoms with Gasteiger partial charge >= 0.3 is 5.97 Å². The normalized spacial score (nSPS) is 19.0. The molecule has 5 heteroatoms. The fraction of sp³-hybridized carbons (Fsp3) is 0.273. The topological polar surface area (TPSA) is 73.6 Å². The van der Waals surface area contributed by atoms with Crippen LogP contribution in [0.5, 0.6) is 0 Å². The van der Waals surface area contributed by atoms with E-state index in [2.05, 4.69) is 29.2 Å². The number of nitriles is 1. The minimum absolute atomic E-state index is 0.297. The highest BCUT2D eigenvalue weighted by Gasteiger charge is 2.15. The van der Waals surface area contributed by atoms with Crippen molar-refractivity contribution in [2.45, 2.75) is 26.2 Å². The van der Waals surface area contributed by atoms with Crippen LogP contribution < -0.4 is 4.90 Å². The molecule has 2 heterocycles. The fourth-order valence-corrected chi connectivity index (χ4v) is 3.25. The Bertz CT molecular complexity index is 877. The summed E-state index contributed by atoms with van der Waals surface area (Å²) in [5, 5.41) is 18.2. The zero-order chi connectivity index (χ0) is 19.2. The van der Waals surface area contributed by atoms with Crippen LogP contribution >= 0.6 is 0 Å². The Balaban J connectivity index is 1.76. The van der Waals surface area contributed by atoms with Gasteiger partial charge in [0.2, 0.25) is 0 Å². The Hall–Kier alpha value is -3.26. The summed E-state index contributed by atoms with van der Waals surface area (Å²) in [6.45, 7) is 3.95. The summed E-state index contributed by atoms with van der Waals surface area (Å²) < 4.78 is 5.62. The van der Waals surface area contributed by atoms with Crippen LogP contribution in [0.25, 0.3) is 6.08 Å². The summed E-state index contributed by atoms with van der Waals surface area (Å²) in [7, 11) is 0. The van der Waals surface area contributed by atoms with Gasteiger partial charge in [0.05, 0.1) is 0 Å². The fourth-order valence-electron chi connectivity index (χ4n) is 3.25. The van der Waals surface area contributed by atoms with Crippen molar-refractivity contribution in [2.24, 2.45) is 0 Å². The number of nitrogens with zero attached hydrogens (tertiary/aromatic N) is 2. The number of hydrogen-bond acceptors (Lipinski definition) is 4. The summed E-state index contributed by atoms with van der Waals surface area (Å²) >= 11 is 0. The third-order valence-corrected chi connectivity index (χ3v) is 4.60. The lowest BCUT2D eigenvalue weighted by Gasteiger charge is -2.28. The monoisotopic (exact) mass is 362 g/mol. The average Bonchev–Trinajstić information content (AvgIpc) is 2.67. The second kappa shape index (κ2) is 8.41. The number of benzene rings is 1. The Morgan fingerprint density at radius 1 is 1.15 bits per heavy atom. The molecule has 0 saturated carbocycles. The molecule has 0 bridgehead atoms. The summed E-state index contributed by atoms with van der Waals surface area (Å²) in [6, 6.07) is 10.1. The summed E-state index contributed by atoms with van der Waals surface area (Å²) in [5.41, 5.74) is 2.31. The van der Waals surface area contributed by atoms with Gasteiger partial charge in [-0.1, -0.05) is 18.2 Å². The molecule has 0 radical (unpaired) electrons. The summed E-state index contributed by atoms with van der Waals surface area (Å²) in [6.07, 6.45) is 10.6. The van der Waals surface area contributed by atoms with Gasteiger partial charge in [0, 0.05) is 24.4 Å². The number of ether oxygens (including phenoxy) is 1. The highest BCUT2D eigenvalue weighted by molar-refractivity contribution is 5.93. The third kappa shape index (κ3) is 4.68. The molecule has 0 aliphatic carbocycles. The van der Waals surface area contributed by atoms with Crippen LogP contribution in [0.1, 0.15) is 31.7 Å². The number of anilines is 1. The molecular formula is C22H22N2O3. The smallest absolute Gasteiger partial charge is 0.347 e. The maximum absolute atomic E-state index is 11.2. The molecule has 1 saturated heterocycles. The Kier molecular flexibility index (Phi) is 5.77. The molecule has 1 aromatic carbocycles. The SMILES string of the molecule is CC1=C/C(=C(/C#N)C(=O)O)C=C(/C=C/c2ccc(N3CCCCC3)cc2)O1. The van der Waals surface area contributed by atoms with Crippen LogP contribution in [0, 0.1) is 11.3 Å². The number of carboxylic acid groups (broad SMARTS) is 1. The predicted molar refractivity (Wildman–Crippen MR) is 105 cm³/mol. The number of carboxylic acids is 1. The molecule has 27 heavy (non-hydrogen) atoms. The lowest BCUT2D eigenvalue weighted by Crippen LogP contribution is -2.29. The molecule has 0 amide bonds. The molecule has 2 aliphatic heterocycles. The highest BCUT2D eigenvalue weighted by atomic mass is 16.5. The van der Waals surface area contributed by atoms with Gasteiger partial charge in [0.1, 0.15) is 23.2 Å². The van der Waals surface area contributed by atoms with Crippen molar-refractivity contribution in [3.8, 4) is 6.07 Å². The maximum atomic E-state index is 11.2. The van der Waals surface area contributed by atoms with Crippen LogP contribution in [0.15, 0.2) is 65.2 Å². The molecule has 0 spiro atoms. The van der Waals surface area contributed by atoms with Crippen molar-refractivity contribution in [3.05, 3.63) is 70.7 Å². The molecular weight excluding hydrogens is 340 g/mol. The molecule has 5 nitrogen and oxygen atoms in total. The quantitative estimate of drug-likeness (QED) is 0.634. The molecule has 1 aromatic rings. The Labute approximate surface area is 159 Å². The van der Waals surface area contributed by atoms with Gasteiger partial charge in [0.15, 0.2) is 0 Å². The van der Waals surface area contributed by atoms with E-state index in [1.165, 1.54) is 24.9 Å². The molecule has 1 N–H and O–H groups in total. The van der Waals surface area contributed by atoms with Crippen molar-refractivity contribution >= 4 is 17.7 Å². The molecule has 0 atom stereocenters. The van der Waals surface area contributed by atoms with Crippen molar-refractivity contribution in [3.63, 3.8) is 0 Å². The van der Waals surface area contributed by atoms with Gasteiger partial charge in [0.25, 0.3) is 0 Å². The van der Waals surface area contributed by atoms with Gasteiger partial charge in [-0.3, -0.25) is 0 Å². The van der Waals surface area contributed by atoms with E-state index in [0.717, 1.165) is 18.7 Å². The summed E-state index contributed by atoms with van der Waals surface area (Å²) in [4.78, 5) is 13.6. The minimum Gasteiger partial charge on any atom is -0.477 e. The minimum atomic E-state index is -1.24. The van der Waals surface area contributed by atoms with Crippen molar-refractivity contribution in [1.29, 1.82) is 5.26 Å². The van der Waals surface area contributed by atoms with Crippen LogP contribution in [0.4, 0.5) is 5.69 Å². The van der Waals surface area contributed by atoms with E-state index in [0.29, 0.717) is 17.1 Å². The van der Waals surface area contributed by atoms with E-state index < -0.39 is 5.97 Å². The van der Waals surface area contributed by atoms with Gasteiger partial charge in [-0.25, -0.2) is 4.79 Å². The third-order valence-electron chi connectivity index (χ3n) is 4.60. The van der Waals surface area contributed by atoms with Crippen LogP contribution in [0.2, 0.25) is 0 Å². The number of aliphatic carboxylic acids is 1. The molecule has 3 rings (SSSR count). The Morgan fingerprint density at radius 2 is 1.85 bits per heavy atom. The number of rotatable bonds is 4. The van der Waals surface area contributed by atoms with E-state index in [1.54, 1.807) is 31.2 Å². The number of carbonyl (C=O) groups is 1. The average molecular weight is 362 g/mol. The first-order valence-corrected chi connectivity index (χ1v) is 9.05. The first-order chi connectivity index (χ1) is 13.1. The number of hydrogen-bond donors (Lipinski definition) is 1. The van der Waals surface area contributed by atoms with Gasteiger partial charge < -0.3 is 14.7 Å². The standard InChI is InChI=1S/C22H22N2O3/c1-16-13-18(21(15-23)22(25)26)14-20(27-16)10-7-17-5-8-19(9-6-17)24-11-3-2-4-12-24/h5-10,13-14H,2-4,11-12H2,1H3,(H,25,26)/b10-7+,21-18+. The number of allylic oxidation sites excluding steroid dienone is 5. The molecule has 138 valence electrons. The zero-order valence-corrected chi connectivity index (χ0v) is 15.3. The highest BCUT2D eigenvalue weighted by Crippen LogP contribution is 2.24. The van der Waals surface area contributed by atoms with E-state index >= 15 is 0 Å². The van der Waals surface area contributed by atoms with Crippen LogP contribution in [-0.2, 0) is 9.53 Å². The van der Waals surface area contributed by atoms with Crippen molar-refractivity contribution < 1.29 is 14.6 Å². The van der Waals surface area contributed by atoms with Crippen molar-refractivity contribution in [2.75, 3.05) is 18.0 Å². The molecule has 2 aliphatic rings. The summed E-state index contributed by atoms with van der Waals surface area (Å²) in [5.74, 6) is -0.202. The van der Waals surface area contributed by atoms with Gasteiger partial charge in [-0.05, 0) is 62.1 Å². The predicted octanol–water partition coefficient (Wildman–Crippen LogP) is 4.41. The van der Waals surface area contributed by atoms with E-state index in [-0.39, 0.29) is 5.57 Å². The van der Waals surface area contributed by atoms with Gasteiger partial charge in [-0.15, -0.1) is 0 Å². The maximum Gasteiger partial charge on any atom is 0.347 e. The second-order valence-electron chi connectivity index (χ2n) is 6.62. The molecule has 1 fully saturated rings. The first kappa shape index (κ1) is 18.5.